The van der Waals surface area contributed by atoms with E-state index in [4.69, 9.17) is 5.26 Å². The zero-order chi connectivity index (χ0) is 16.9. The van der Waals surface area contributed by atoms with Gasteiger partial charge in [0.05, 0.1) is 12.5 Å². The molecule has 2 rings (SSSR count). The molecule has 0 amide bonds. The van der Waals surface area contributed by atoms with Crippen molar-refractivity contribution in [3.05, 3.63) is 24.3 Å². The molecule has 7 heteroatoms. The number of anilines is 1. The number of nitrogens with one attached hydrogen (secondary N) is 1. The standard InChI is InChI=1S/C16H20F3N3O/c1-12(6-9-20)22-10-7-14(8-11-22)21-13-2-4-15(5-3-13)23-16(17,18)19/h2-5,12,14,21H,6-8,10-11H2,1H3. The van der Waals surface area contributed by atoms with Crippen molar-refractivity contribution in [1.29, 1.82) is 5.26 Å². The Kier molecular flexibility index (Phi) is 5.72. The second-order valence-corrected chi connectivity index (χ2v) is 5.74. The van der Waals surface area contributed by atoms with Gasteiger partial charge in [-0.1, -0.05) is 0 Å². The highest BCUT2D eigenvalue weighted by Crippen LogP contribution is 2.25. The summed E-state index contributed by atoms with van der Waals surface area (Å²) in [5.74, 6) is -0.219. The van der Waals surface area contributed by atoms with E-state index < -0.39 is 6.36 Å². The summed E-state index contributed by atoms with van der Waals surface area (Å²) in [5, 5.41) is 12.1. The Hall–Kier alpha value is -1.94. The van der Waals surface area contributed by atoms with Gasteiger partial charge >= 0.3 is 6.36 Å². The van der Waals surface area contributed by atoms with Gasteiger partial charge in [0, 0.05) is 30.9 Å². The molecular weight excluding hydrogens is 307 g/mol. The Labute approximate surface area is 133 Å². The van der Waals surface area contributed by atoms with Crippen LogP contribution in [0, 0.1) is 11.3 Å². The number of piperidine rings is 1. The molecule has 1 saturated heterocycles. The molecule has 0 spiro atoms. The summed E-state index contributed by atoms with van der Waals surface area (Å²) in [5.41, 5.74) is 0.781. The summed E-state index contributed by atoms with van der Waals surface area (Å²) in [6, 6.07) is 8.53. The Morgan fingerprint density at radius 1 is 1.30 bits per heavy atom. The van der Waals surface area contributed by atoms with Gasteiger partial charge in [-0.15, -0.1) is 13.2 Å². The monoisotopic (exact) mass is 327 g/mol. The van der Waals surface area contributed by atoms with Crippen molar-refractivity contribution in [2.24, 2.45) is 0 Å². The average Bonchev–Trinajstić information content (AvgIpc) is 2.49. The minimum atomic E-state index is -4.66. The first-order valence-corrected chi connectivity index (χ1v) is 7.61. The predicted octanol–water partition coefficient (Wildman–Crippen LogP) is 3.76. The topological polar surface area (TPSA) is 48.3 Å². The minimum Gasteiger partial charge on any atom is -0.406 e. The number of nitriles is 1. The van der Waals surface area contributed by atoms with Gasteiger partial charge in [-0.3, -0.25) is 4.90 Å². The van der Waals surface area contributed by atoms with Crippen molar-refractivity contribution in [2.75, 3.05) is 18.4 Å². The number of nitrogens with zero attached hydrogens (tertiary/aromatic N) is 2. The van der Waals surface area contributed by atoms with E-state index in [-0.39, 0.29) is 17.8 Å². The number of rotatable bonds is 5. The molecular formula is C16H20F3N3O. The highest BCUT2D eigenvalue weighted by molar-refractivity contribution is 5.47. The van der Waals surface area contributed by atoms with Gasteiger partial charge in [0.15, 0.2) is 0 Å². The first-order chi connectivity index (χ1) is 10.9. The molecule has 0 saturated carbocycles. The number of hydrogen-bond donors (Lipinski definition) is 1. The zero-order valence-electron chi connectivity index (χ0n) is 12.9. The summed E-state index contributed by atoms with van der Waals surface area (Å²) >= 11 is 0. The second-order valence-electron chi connectivity index (χ2n) is 5.74. The number of benzene rings is 1. The maximum absolute atomic E-state index is 12.1. The van der Waals surface area contributed by atoms with Crippen LogP contribution < -0.4 is 10.1 Å². The molecule has 0 aromatic heterocycles. The molecule has 1 fully saturated rings. The van der Waals surface area contributed by atoms with Gasteiger partial charge in [0.2, 0.25) is 0 Å². The third-order valence-corrected chi connectivity index (χ3v) is 4.00. The highest BCUT2D eigenvalue weighted by atomic mass is 19.4. The molecule has 23 heavy (non-hydrogen) atoms. The third-order valence-electron chi connectivity index (χ3n) is 4.00. The molecule has 1 unspecified atom stereocenters. The van der Waals surface area contributed by atoms with Crippen molar-refractivity contribution in [1.82, 2.24) is 4.90 Å². The third kappa shape index (κ3) is 5.64. The van der Waals surface area contributed by atoms with E-state index in [9.17, 15) is 13.2 Å². The van der Waals surface area contributed by atoms with E-state index in [2.05, 4.69) is 27.9 Å². The molecule has 1 heterocycles. The van der Waals surface area contributed by atoms with Gasteiger partial charge in [-0.05, 0) is 44.0 Å². The van der Waals surface area contributed by atoms with Crippen molar-refractivity contribution in [3.63, 3.8) is 0 Å². The molecule has 1 aromatic rings. The fraction of sp³-hybridized carbons (Fsp3) is 0.562. The Bertz CT molecular complexity index is 531. The fourth-order valence-corrected chi connectivity index (χ4v) is 2.73. The van der Waals surface area contributed by atoms with Crippen molar-refractivity contribution in [3.8, 4) is 11.8 Å². The summed E-state index contributed by atoms with van der Waals surface area (Å²) < 4.78 is 40.2. The lowest BCUT2D eigenvalue weighted by atomic mass is 10.0. The Balaban J connectivity index is 1.81. The van der Waals surface area contributed by atoms with E-state index in [1.807, 2.05) is 0 Å². The van der Waals surface area contributed by atoms with E-state index in [0.29, 0.717) is 6.42 Å². The van der Waals surface area contributed by atoms with E-state index in [1.165, 1.54) is 12.1 Å². The first kappa shape index (κ1) is 17.4. The molecule has 126 valence electrons. The van der Waals surface area contributed by atoms with Crippen LogP contribution in [0.3, 0.4) is 0 Å². The summed E-state index contributed by atoms with van der Waals surface area (Å²) in [6.07, 6.45) is -2.26. The summed E-state index contributed by atoms with van der Waals surface area (Å²) in [4.78, 5) is 2.29. The smallest absolute Gasteiger partial charge is 0.406 e. The van der Waals surface area contributed by atoms with Gasteiger partial charge in [0.25, 0.3) is 0 Å². The second kappa shape index (κ2) is 7.55. The van der Waals surface area contributed by atoms with Gasteiger partial charge in [-0.25, -0.2) is 0 Å². The van der Waals surface area contributed by atoms with E-state index in [1.54, 1.807) is 12.1 Å². The van der Waals surface area contributed by atoms with Crippen LogP contribution in [0.1, 0.15) is 26.2 Å². The van der Waals surface area contributed by atoms with Crippen LogP contribution in [0.5, 0.6) is 5.75 Å². The van der Waals surface area contributed by atoms with Crippen molar-refractivity contribution >= 4 is 5.69 Å². The minimum absolute atomic E-state index is 0.219. The Morgan fingerprint density at radius 3 is 2.43 bits per heavy atom. The molecule has 1 N–H and O–H groups in total. The largest absolute Gasteiger partial charge is 0.573 e. The first-order valence-electron chi connectivity index (χ1n) is 7.61. The zero-order valence-corrected chi connectivity index (χ0v) is 12.9. The van der Waals surface area contributed by atoms with Crippen molar-refractivity contribution in [2.45, 2.75) is 44.6 Å². The normalized spacial score (nSPS) is 18.2. The van der Waals surface area contributed by atoms with Gasteiger partial charge < -0.3 is 10.1 Å². The van der Waals surface area contributed by atoms with Gasteiger partial charge in [0.1, 0.15) is 5.75 Å². The summed E-state index contributed by atoms with van der Waals surface area (Å²) in [7, 11) is 0. The van der Waals surface area contributed by atoms with E-state index in [0.717, 1.165) is 31.6 Å². The predicted molar refractivity (Wildman–Crippen MR) is 81.0 cm³/mol. The molecule has 1 atom stereocenters. The average molecular weight is 327 g/mol. The molecule has 0 aliphatic carbocycles. The summed E-state index contributed by atoms with van der Waals surface area (Å²) in [6.45, 7) is 3.88. The van der Waals surface area contributed by atoms with Crippen LogP contribution >= 0.6 is 0 Å². The molecule has 4 nitrogen and oxygen atoms in total. The lowest BCUT2D eigenvalue weighted by Gasteiger charge is -2.35. The SMILES string of the molecule is CC(CC#N)N1CCC(Nc2ccc(OC(F)(F)F)cc2)CC1. The van der Waals surface area contributed by atoms with Gasteiger partial charge in [-0.2, -0.15) is 5.26 Å². The van der Waals surface area contributed by atoms with Crippen LogP contribution in [-0.2, 0) is 0 Å². The van der Waals surface area contributed by atoms with E-state index >= 15 is 0 Å². The fourth-order valence-electron chi connectivity index (χ4n) is 2.73. The number of likely N-dealkylation sites (tertiary alicyclic amines) is 1. The number of halogens is 3. The molecule has 1 aliphatic rings. The molecule has 1 aliphatic heterocycles. The lowest BCUT2D eigenvalue weighted by Crippen LogP contribution is -2.43. The maximum Gasteiger partial charge on any atom is 0.573 e. The highest BCUT2D eigenvalue weighted by Gasteiger charge is 2.31. The Morgan fingerprint density at radius 2 is 1.91 bits per heavy atom. The number of alkyl halides is 3. The van der Waals surface area contributed by atoms with Crippen LogP contribution in [0.4, 0.5) is 18.9 Å². The van der Waals surface area contributed by atoms with Crippen LogP contribution in [-0.4, -0.2) is 36.4 Å². The van der Waals surface area contributed by atoms with Crippen molar-refractivity contribution < 1.29 is 17.9 Å². The maximum atomic E-state index is 12.1. The molecule has 1 aromatic carbocycles. The quantitative estimate of drug-likeness (QED) is 0.894. The molecule has 0 radical (unpaired) electrons. The molecule has 0 bridgehead atoms. The number of ether oxygens (including phenoxy) is 1. The lowest BCUT2D eigenvalue weighted by molar-refractivity contribution is -0.274. The number of hydrogen-bond acceptors (Lipinski definition) is 4. The van der Waals surface area contributed by atoms with Crippen LogP contribution in [0.2, 0.25) is 0 Å². The van der Waals surface area contributed by atoms with Crippen LogP contribution in [0.15, 0.2) is 24.3 Å². The van der Waals surface area contributed by atoms with Crippen LogP contribution in [0.25, 0.3) is 0 Å².